The minimum atomic E-state index is -3.22. The van der Waals surface area contributed by atoms with Crippen molar-refractivity contribution in [1.29, 1.82) is 0 Å². The molecule has 0 atom stereocenters. The normalized spacial score (nSPS) is 17.3. The van der Waals surface area contributed by atoms with E-state index < -0.39 is 21.6 Å². The number of sulfonamides is 1. The van der Waals surface area contributed by atoms with Crippen LogP contribution in [0.25, 0.3) is 0 Å². The summed E-state index contributed by atoms with van der Waals surface area (Å²) in [5.41, 5.74) is 0.137. The van der Waals surface area contributed by atoms with Gasteiger partial charge in [0.05, 0.1) is 6.26 Å². The van der Waals surface area contributed by atoms with Gasteiger partial charge in [0.1, 0.15) is 12.4 Å². The first-order valence-electron chi connectivity index (χ1n) is 9.51. The number of anilines is 1. The van der Waals surface area contributed by atoms with Crippen LogP contribution < -0.4 is 20.5 Å². The molecule has 0 aliphatic carbocycles. The second-order valence-corrected chi connectivity index (χ2v) is 9.39. The highest BCUT2D eigenvalue weighted by Gasteiger charge is 2.29. The maximum atomic E-state index is 12.5. The Hall–Kier alpha value is -2.86. The highest BCUT2D eigenvalue weighted by atomic mass is 32.2. The first kappa shape index (κ1) is 20.4. The first-order chi connectivity index (χ1) is 14.2. The van der Waals surface area contributed by atoms with Gasteiger partial charge in [-0.1, -0.05) is 0 Å². The van der Waals surface area contributed by atoms with Crippen molar-refractivity contribution in [1.82, 2.24) is 18.7 Å². The molecule has 12 heteroatoms. The summed E-state index contributed by atoms with van der Waals surface area (Å²) in [4.78, 5) is 25.0. The van der Waals surface area contributed by atoms with E-state index in [0.717, 1.165) is 4.68 Å². The number of aromatic nitrogens is 3. The van der Waals surface area contributed by atoms with Gasteiger partial charge < -0.3 is 14.8 Å². The highest BCUT2D eigenvalue weighted by Crippen LogP contribution is 2.34. The van der Waals surface area contributed by atoms with Crippen molar-refractivity contribution < 1.29 is 22.7 Å². The molecule has 0 radical (unpaired) electrons. The summed E-state index contributed by atoms with van der Waals surface area (Å²) >= 11 is 0. The Labute approximate surface area is 173 Å². The van der Waals surface area contributed by atoms with Crippen LogP contribution in [-0.2, 0) is 28.4 Å². The number of amides is 1. The number of nitrogens with one attached hydrogen (secondary N) is 1. The molecule has 2 aliphatic heterocycles. The van der Waals surface area contributed by atoms with E-state index in [1.807, 2.05) is 0 Å². The lowest BCUT2D eigenvalue weighted by molar-refractivity contribution is -0.117. The fourth-order valence-corrected chi connectivity index (χ4v) is 4.59. The number of carbonyl (C=O) groups excluding carboxylic acids is 1. The molecule has 2 aliphatic rings. The topological polar surface area (TPSA) is 125 Å². The van der Waals surface area contributed by atoms with E-state index in [-0.39, 0.29) is 19.3 Å². The van der Waals surface area contributed by atoms with E-state index >= 15 is 0 Å². The number of fused-ring (bicyclic) bond motifs is 1. The summed E-state index contributed by atoms with van der Waals surface area (Å²) < 4.78 is 37.9. The van der Waals surface area contributed by atoms with Gasteiger partial charge in [0.25, 0.3) is 0 Å². The number of hydrogen-bond acceptors (Lipinski definition) is 7. The Morgan fingerprint density at radius 1 is 1.23 bits per heavy atom. The summed E-state index contributed by atoms with van der Waals surface area (Å²) in [6, 6.07) is 5.04. The molecule has 1 N–H and O–H groups in total. The van der Waals surface area contributed by atoms with Crippen molar-refractivity contribution in [3.05, 3.63) is 34.5 Å². The molecule has 0 bridgehead atoms. The third kappa shape index (κ3) is 4.05. The molecular weight excluding hydrogens is 414 g/mol. The van der Waals surface area contributed by atoms with Gasteiger partial charge in [-0.3, -0.25) is 9.36 Å². The summed E-state index contributed by atoms with van der Waals surface area (Å²) in [6.07, 6.45) is 2.33. The number of piperidine rings is 1. The molecule has 1 amide bonds. The van der Waals surface area contributed by atoms with E-state index in [1.54, 1.807) is 25.2 Å². The molecule has 4 rings (SSSR count). The lowest BCUT2D eigenvalue weighted by Crippen LogP contribution is -2.37. The maximum absolute atomic E-state index is 12.5. The SMILES string of the molecule is Cn1c(C2CCN(S(C)(=O)=O)CC2)nn(CC(=O)Nc2ccc3c(c2)OCO3)c1=O. The molecule has 1 aromatic carbocycles. The van der Waals surface area contributed by atoms with E-state index in [2.05, 4.69) is 10.4 Å². The van der Waals surface area contributed by atoms with Crippen molar-refractivity contribution in [3.8, 4) is 11.5 Å². The van der Waals surface area contributed by atoms with E-state index in [9.17, 15) is 18.0 Å². The molecule has 0 saturated carbocycles. The summed E-state index contributed by atoms with van der Waals surface area (Å²) in [5, 5.41) is 7.07. The predicted octanol–water partition coefficient (Wildman–Crippen LogP) is 0.0882. The van der Waals surface area contributed by atoms with Crippen LogP contribution >= 0.6 is 0 Å². The van der Waals surface area contributed by atoms with Crippen LogP contribution in [0, 0.1) is 0 Å². The number of carbonyl (C=O) groups is 1. The third-order valence-corrected chi connectivity index (χ3v) is 6.62. The number of benzene rings is 1. The van der Waals surface area contributed by atoms with Gasteiger partial charge in [-0.15, -0.1) is 0 Å². The zero-order valence-corrected chi connectivity index (χ0v) is 17.5. The van der Waals surface area contributed by atoms with Gasteiger partial charge in [0.15, 0.2) is 11.5 Å². The largest absolute Gasteiger partial charge is 0.454 e. The Kier molecular flexibility index (Phi) is 5.28. The molecule has 3 heterocycles. The minimum Gasteiger partial charge on any atom is -0.454 e. The Morgan fingerprint density at radius 3 is 2.63 bits per heavy atom. The molecule has 30 heavy (non-hydrogen) atoms. The maximum Gasteiger partial charge on any atom is 0.346 e. The Morgan fingerprint density at radius 2 is 1.93 bits per heavy atom. The molecule has 162 valence electrons. The van der Waals surface area contributed by atoms with Crippen molar-refractivity contribution in [2.45, 2.75) is 25.3 Å². The molecule has 2 aromatic rings. The molecule has 1 saturated heterocycles. The number of rotatable bonds is 5. The van der Waals surface area contributed by atoms with Crippen molar-refractivity contribution >= 4 is 21.6 Å². The van der Waals surface area contributed by atoms with Gasteiger partial charge >= 0.3 is 5.69 Å². The van der Waals surface area contributed by atoms with Crippen LogP contribution in [0.15, 0.2) is 23.0 Å². The quantitative estimate of drug-likeness (QED) is 0.703. The zero-order chi connectivity index (χ0) is 21.5. The molecule has 1 aromatic heterocycles. The van der Waals surface area contributed by atoms with E-state index in [1.165, 1.54) is 15.1 Å². The van der Waals surface area contributed by atoms with Gasteiger partial charge in [-0.25, -0.2) is 22.2 Å². The fourth-order valence-electron chi connectivity index (χ4n) is 3.72. The van der Waals surface area contributed by atoms with Crippen LogP contribution in [0.5, 0.6) is 11.5 Å². The fraction of sp³-hybridized carbons (Fsp3) is 0.500. The van der Waals surface area contributed by atoms with Crippen LogP contribution in [0.1, 0.15) is 24.6 Å². The van der Waals surface area contributed by atoms with Gasteiger partial charge in [0, 0.05) is 37.8 Å². The van der Waals surface area contributed by atoms with Crippen LogP contribution in [-0.4, -0.2) is 59.1 Å². The van der Waals surface area contributed by atoms with Crippen molar-refractivity contribution in [2.75, 3.05) is 31.5 Å². The second kappa shape index (κ2) is 7.76. The lowest BCUT2D eigenvalue weighted by Gasteiger charge is -2.29. The third-order valence-electron chi connectivity index (χ3n) is 5.31. The summed E-state index contributed by atoms with van der Waals surface area (Å²) in [6.45, 7) is 0.676. The van der Waals surface area contributed by atoms with Crippen LogP contribution in [0.3, 0.4) is 0 Å². The molecule has 1 fully saturated rings. The summed E-state index contributed by atoms with van der Waals surface area (Å²) in [5.74, 6) is 1.28. The Bertz CT molecular complexity index is 1130. The lowest BCUT2D eigenvalue weighted by atomic mass is 9.97. The van der Waals surface area contributed by atoms with Crippen molar-refractivity contribution in [3.63, 3.8) is 0 Å². The minimum absolute atomic E-state index is 0.0427. The molecule has 11 nitrogen and oxygen atoms in total. The zero-order valence-electron chi connectivity index (χ0n) is 16.7. The Balaban J connectivity index is 1.43. The number of hydrogen-bond donors (Lipinski definition) is 1. The number of ether oxygens (including phenoxy) is 2. The molecular formula is C18H23N5O6S. The summed E-state index contributed by atoms with van der Waals surface area (Å²) in [7, 11) is -1.61. The van der Waals surface area contributed by atoms with E-state index in [0.29, 0.717) is 48.9 Å². The standard InChI is InChI=1S/C18H23N5O6S/c1-21-17(12-5-7-22(8-6-12)30(2,26)27)20-23(18(21)25)10-16(24)19-13-3-4-14-15(9-13)29-11-28-14/h3-4,9,12H,5-8,10-11H2,1-2H3,(H,19,24). The highest BCUT2D eigenvalue weighted by molar-refractivity contribution is 7.88. The van der Waals surface area contributed by atoms with Crippen LogP contribution in [0.2, 0.25) is 0 Å². The van der Waals surface area contributed by atoms with Gasteiger partial charge in [0.2, 0.25) is 22.7 Å². The van der Waals surface area contributed by atoms with Crippen LogP contribution in [0.4, 0.5) is 5.69 Å². The van der Waals surface area contributed by atoms with Gasteiger partial charge in [-0.2, -0.15) is 5.10 Å². The second-order valence-electron chi connectivity index (χ2n) is 7.41. The average molecular weight is 437 g/mol. The number of nitrogens with zero attached hydrogens (tertiary/aromatic N) is 4. The average Bonchev–Trinajstić information content (AvgIpc) is 3.27. The predicted molar refractivity (Wildman–Crippen MR) is 107 cm³/mol. The smallest absolute Gasteiger partial charge is 0.346 e. The van der Waals surface area contributed by atoms with E-state index in [4.69, 9.17) is 9.47 Å². The molecule has 0 unspecified atom stereocenters. The van der Waals surface area contributed by atoms with Crippen molar-refractivity contribution in [2.24, 2.45) is 7.05 Å². The van der Waals surface area contributed by atoms with Gasteiger partial charge in [-0.05, 0) is 25.0 Å². The molecule has 0 spiro atoms. The monoisotopic (exact) mass is 437 g/mol. The first-order valence-corrected chi connectivity index (χ1v) is 11.4.